The summed E-state index contributed by atoms with van der Waals surface area (Å²) in [6, 6.07) is 4.01. The molecule has 134 valence electrons. The predicted molar refractivity (Wildman–Crippen MR) is 92.9 cm³/mol. The number of morpholine rings is 1. The number of rotatable bonds is 7. The molecule has 1 fully saturated rings. The molecule has 0 radical (unpaired) electrons. The molecule has 7 heteroatoms. The van der Waals surface area contributed by atoms with E-state index in [-0.39, 0.29) is 5.91 Å². The Hall–Kier alpha value is -1.70. The summed E-state index contributed by atoms with van der Waals surface area (Å²) in [4.78, 5) is 20.5. The number of amides is 1. The molecule has 2 rings (SSSR count). The van der Waals surface area contributed by atoms with Crippen molar-refractivity contribution in [1.29, 1.82) is 0 Å². The zero-order chi connectivity index (χ0) is 17.6. The van der Waals surface area contributed by atoms with E-state index in [9.17, 15) is 4.79 Å². The van der Waals surface area contributed by atoms with Crippen LogP contribution in [0.4, 0.5) is 5.82 Å². The number of pyridine rings is 1. The largest absolute Gasteiger partial charge is 0.382 e. The van der Waals surface area contributed by atoms with Crippen molar-refractivity contribution >= 4 is 11.7 Å². The second kappa shape index (κ2) is 8.41. The van der Waals surface area contributed by atoms with E-state index >= 15 is 0 Å². The number of nitrogens with zero attached hydrogens (tertiary/aromatic N) is 3. The molecule has 0 bridgehead atoms. The van der Waals surface area contributed by atoms with E-state index in [0.717, 1.165) is 24.5 Å². The first-order valence-corrected chi connectivity index (χ1v) is 8.17. The van der Waals surface area contributed by atoms with Gasteiger partial charge in [0.05, 0.1) is 19.6 Å². The standard InChI is InChI=1S/C17H28N4O3/c1-18-16-14(6-5-7-19-16)11-21-8-9-24-17(12-21,13-23-4)10-15(22)20(2)3/h5-7H,8-13H2,1-4H3,(H,18,19)/t17-/m1/s1. The van der Waals surface area contributed by atoms with Crippen LogP contribution in [0.5, 0.6) is 0 Å². The highest BCUT2D eigenvalue weighted by Crippen LogP contribution is 2.25. The minimum Gasteiger partial charge on any atom is -0.382 e. The summed E-state index contributed by atoms with van der Waals surface area (Å²) in [5.41, 5.74) is 0.531. The molecule has 0 saturated carbocycles. The minimum atomic E-state index is -0.601. The van der Waals surface area contributed by atoms with Crippen LogP contribution in [-0.2, 0) is 20.8 Å². The van der Waals surface area contributed by atoms with E-state index in [1.165, 1.54) is 0 Å². The summed E-state index contributed by atoms with van der Waals surface area (Å²) in [6.45, 7) is 3.21. The van der Waals surface area contributed by atoms with E-state index in [1.807, 2.05) is 13.1 Å². The number of carbonyl (C=O) groups excluding carboxylic acids is 1. The first-order valence-electron chi connectivity index (χ1n) is 8.17. The highest BCUT2D eigenvalue weighted by Gasteiger charge is 2.39. The fourth-order valence-corrected chi connectivity index (χ4v) is 3.03. The van der Waals surface area contributed by atoms with E-state index in [0.29, 0.717) is 26.2 Å². The van der Waals surface area contributed by atoms with Gasteiger partial charge in [0.25, 0.3) is 0 Å². The van der Waals surface area contributed by atoms with Gasteiger partial charge in [0, 0.05) is 59.6 Å². The van der Waals surface area contributed by atoms with Crippen LogP contribution in [0.1, 0.15) is 12.0 Å². The third kappa shape index (κ3) is 4.66. The molecule has 1 saturated heterocycles. The van der Waals surface area contributed by atoms with Crippen LogP contribution in [0.3, 0.4) is 0 Å². The molecule has 1 N–H and O–H groups in total. The van der Waals surface area contributed by atoms with Crippen molar-refractivity contribution < 1.29 is 14.3 Å². The molecule has 1 aromatic rings. The van der Waals surface area contributed by atoms with Gasteiger partial charge in [-0.1, -0.05) is 6.07 Å². The lowest BCUT2D eigenvalue weighted by molar-refractivity contribution is -0.160. The van der Waals surface area contributed by atoms with Crippen LogP contribution in [0.15, 0.2) is 18.3 Å². The zero-order valence-corrected chi connectivity index (χ0v) is 15.0. The minimum absolute atomic E-state index is 0.0474. The number of nitrogens with one attached hydrogen (secondary N) is 1. The van der Waals surface area contributed by atoms with Gasteiger partial charge in [0.2, 0.25) is 5.91 Å². The van der Waals surface area contributed by atoms with Crippen molar-refractivity contribution in [2.24, 2.45) is 0 Å². The third-order valence-electron chi connectivity index (χ3n) is 4.23. The monoisotopic (exact) mass is 336 g/mol. The highest BCUT2D eigenvalue weighted by atomic mass is 16.5. The van der Waals surface area contributed by atoms with Gasteiger partial charge in [-0.15, -0.1) is 0 Å². The molecular weight excluding hydrogens is 308 g/mol. The Morgan fingerprint density at radius 2 is 2.33 bits per heavy atom. The van der Waals surface area contributed by atoms with Gasteiger partial charge < -0.3 is 19.7 Å². The Morgan fingerprint density at radius 3 is 3.00 bits per heavy atom. The molecule has 1 atom stereocenters. The summed E-state index contributed by atoms with van der Waals surface area (Å²) >= 11 is 0. The maximum Gasteiger partial charge on any atom is 0.225 e. The number of methoxy groups -OCH3 is 1. The van der Waals surface area contributed by atoms with Crippen molar-refractivity contribution in [3.8, 4) is 0 Å². The smallest absolute Gasteiger partial charge is 0.225 e. The van der Waals surface area contributed by atoms with Crippen LogP contribution < -0.4 is 5.32 Å². The fraction of sp³-hybridized carbons (Fsp3) is 0.647. The van der Waals surface area contributed by atoms with Crippen LogP contribution >= 0.6 is 0 Å². The Morgan fingerprint density at radius 1 is 1.54 bits per heavy atom. The normalized spacial score (nSPS) is 21.5. The molecular formula is C17H28N4O3. The lowest BCUT2D eigenvalue weighted by atomic mass is 9.96. The first-order chi connectivity index (χ1) is 11.5. The second-order valence-electron chi connectivity index (χ2n) is 6.40. The van der Waals surface area contributed by atoms with Gasteiger partial charge >= 0.3 is 0 Å². The number of hydrogen-bond acceptors (Lipinski definition) is 6. The topological polar surface area (TPSA) is 66.9 Å². The molecule has 1 aliphatic rings. The summed E-state index contributed by atoms with van der Waals surface area (Å²) in [7, 11) is 7.04. The lowest BCUT2D eigenvalue weighted by Crippen LogP contribution is -2.55. The molecule has 24 heavy (non-hydrogen) atoms. The average Bonchev–Trinajstić information content (AvgIpc) is 2.55. The molecule has 0 aromatic carbocycles. The van der Waals surface area contributed by atoms with Crippen molar-refractivity contribution in [3.05, 3.63) is 23.9 Å². The number of carbonyl (C=O) groups is 1. The number of anilines is 1. The predicted octanol–water partition coefficient (Wildman–Crippen LogP) is 0.819. The van der Waals surface area contributed by atoms with E-state index in [1.54, 1.807) is 32.3 Å². The molecule has 0 aliphatic carbocycles. The summed E-state index contributed by atoms with van der Waals surface area (Å²) in [5.74, 6) is 0.928. The van der Waals surface area contributed by atoms with E-state index in [2.05, 4.69) is 21.3 Å². The summed E-state index contributed by atoms with van der Waals surface area (Å²) in [5, 5.41) is 3.12. The summed E-state index contributed by atoms with van der Waals surface area (Å²) < 4.78 is 11.4. The van der Waals surface area contributed by atoms with E-state index < -0.39 is 5.60 Å². The molecule has 1 aromatic heterocycles. The lowest BCUT2D eigenvalue weighted by Gasteiger charge is -2.42. The SMILES string of the molecule is CNc1ncccc1CN1CCO[C@](COC)(CC(=O)N(C)C)C1. The Kier molecular flexibility index (Phi) is 6.53. The molecule has 1 aliphatic heterocycles. The molecule has 7 nitrogen and oxygen atoms in total. The van der Waals surface area contributed by atoms with Crippen molar-refractivity contribution in [2.75, 3.05) is 59.9 Å². The van der Waals surface area contributed by atoms with Gasteiger partial charge in [-0.05, 0) is 6.07 Å². The second-order valence-corrected chi connectivity index (χ2v) is 6.40. The Balaban J connectivity index is 2.11. The van der Waals surface area contributed by atoms with Crippen molar-refractivity contribution in [2.45, 2.75) is 18.6 Å². The Labute approximate surface area is 143 Å². The Bertz CT molecular complexity index is 548. The van der Waals surface area contributed by atoms with Crippen LogP contribution in [0.2, 0.25) is 0 Å². The van der Waals surface area contributed by atoms with Crippen molar-refractivity contribution in [1.82, 2.24) is 14.8 Å². The molecule has 0 unspecified atom stereocenters. The zero-order valence-electron chi connectivity index (χ0n) is 15.0. The molecule has 1 amide bonds. The number of hydrogen-bond donors (Lipinski definition) is 1. The quantitative estimate of drug-likeness (QED) is 0.795. The molecule has 0 spiro atoms. The maximum absolute atomic E-state index is 12.2. The van der Waals surface area contributed by atoms with Crippen LogP contribution in [0, 0.1) is 0 Å². The van der Waals surface area contributed by atoms with Crippen molar-refractivity contribution in [3.63, 3.8) is 0 Å². The van der Waals surface area contributed by atoms with Gasteiger partial charge in [-0.2, -0.15) is 0 Å². The van der Waals surface area contributed by atoms with Gasteiger partial charge in [0.1, 0.15) is 11.4 Å². The fourth-order valence-electron chi connectivity index (χ4n) is 3.03. The molecule has 2 heterocycles. The van der Waals surface area contributed by atoms with Crippen LogP contribution in [0.25, 0.3) is 0 Å². The average molecular weight is 336 g/mol. The van der Waals surface area contributed by atoms with Crippen LogP contribution in [-0.4, -0.2) is 80.8 Å². The number of aromatic nitrogens is 1. The van der Waals surface area contributed by atoms with Gasteiger partial charge in [-0.25, -0.2) is 4.98 Å². The maximum atomic E-state index is 12.2. The van der Waals surface area contributed by atoms with Gasteiger partial charge in [0.15, 0.2) is 0 Å². The third-order valence-corrected chi connectivity index (χ3v) is 4.23. The highest BCUT2D eigenvalue weighted by molar-refractivity contribution is 5.76. The summed E-state index contributed by atoms with van der Waals surface area (Å²) in [6.07, 6.45) is 2.09. The van der Waals surface area contributed by atoms with E-state index in [4.69, 9.17) is 9.47 Å². The first kappa shape index (κ1) is 18.6. The van der Waals surface area contributed by atoms with Gasteiger partial charge in [-0.3, -0.25) is 9.69 Å². The number of ether oxygens (including phenoxy) is 2.